The topological polar surface area (TPSA) is 213 Å². The molecule has 13 heteroatoms. The molecule has 0 amide bonds. The van der Waals surface area contributed by atoms with Crippen molar-refractivity contribution >= 4 is 22.9 Å². The molecular formula is C23H20O13. The molecule has 0 aliphatic carbocycles. The lowest BCUT2D eigenvalue weighted by Gasteiger charge is -2.40. The summed E-state index contributed by atoms with van der Waals surface area (Å²) in [7, 11) is 0. The van der Waals surface area contributed by atoms with Crippen LogP contribution in [0.25, 0.3) is 22.3 Å². The second kappa shape index (κ2) is 9.37. The first-order chi connectivity index (χ1) is 17.0. The maximum Gasteiger partial charge on any atom is 0.337 e. The molecule has 6 N–H and O–H groups in total. The van der Waals surface area contributed by atoms with E-state index in [9.17, 15) is 45.0 Å². The first-order valence-corrected chi connectivity index (χ1v) is 10.4. The SMILES string of the molecule is CC(=O)O[C@H]1[C@H](O)[C@@H](O)[C@H](Oc2cc(-c3cc(=O)c4c(O)cc(O)cc4o3)ccc2O)O[C@H]1C(=O)O. The quantitative estimate of drug-likeness (QED) is 0.260. The zero-order chi connectivity index (χ0) is 26.3. The maximum absolute atomic E-state index is 12.5. The monoisotopic (exact) mass is 504 g/mol. The van der Waals surface area contributed by atoms with Crippen LogP contribution in [0.3, 0.4) is 0 Å². The van der Waals surface area contributed by atoms with E-state index in [2.05, 4.69) is 0 Å². The van der Waals surface area contributed by atoms with Gasteiger partial charge in [-0.3, -0.25) is 9.59 Å². The van der Waals surface area contributed by atoms with Crippen LogP contribution in [0.15, 0.2) is 45.6 Å². The summed E-state index contributed by atoms with van der Waals surface area (Å²) >= 11 is 0. The van der Waals surface area contributed by atoms with E-state index in [1.54, 1.807) is 0 Å². The average Bonchev–Trinajstić information content (AvgIpc) is 2.78. The Morgan fingerprint density at radius 3 is 2.36 bits per heavy atom. The number of rotatable bonds is 5. The van der Waals surface area contributed by atoms with Gasteiger partial charge in [0.15, 0.2) is 29.1 Å². The lowest BCUT2D eigenvalue weighted by Crippen LogP contribution is -2.62. The fourth-order valence-electron chi connectivity index (χ4n) is 3.74. The third-order valence-corrected chi connectivity index (χ3v) is 5.37. The molecule has 190 valence electrons. The number of benzene rings is 2. The number of fused-ring (bicyclic) bond motifs is 1. The Bertz CT molecular complexity index is 1390. The number of hydrogen-bond donors (Lipinski definition) is 6. The number of aromatic hydroxyl groups is 3. The molecule has 0 radical (unpaired) electrons. The van der Waals surface area contributed by atoms with Gasteiger partial charge in [0, 0.05) is 30.7 Å². The zero-order valence-corrected chi connectivity index (χ0v) is 18.4. The van der Waals surface area contributed by atoms with Gasteiger partial charge in [-0.1, -0.05) is 0 Å². The van der Waals surface area contributed by atoms with Crippen molar-refractivity contribution in [1.82, 2.24) is 0 Å². The molecular weight excluding hydrogens is 484 g/mol. The number of phenols is 3. The van der Waals surface area contributed by atoms with E-state index in [4.69, 9.17) is 18.6 Å². The molecule has 5 atom stereocenters. The van der Waals surface area contributed by atoms with Gasteiger partial charge in [-0.2, -0.15) is 0 Å². The highest BCUT2D eigenvalue weighted by Crippen LogP contribution is 2.36. The number of esters is 1. The number of carbonyl (C=O) groups excluding carboxylic acids is 1. The minimum Gasteiger partial charge on any atom is -0.508 e. The van der Waals surface area contributed by atoms with Crippen LogP contribution in [-0.4, -0.2) is 73.3 Å². The lowest BCUT2D eigenvalue weighted by atomic mass is 9.98. The number of carboxylic acids is 1. The van der Waals surface area contributed by atoms with Crippen LogP contribution in [0, 0.1) is 0 Å². The predicted molar refractivity (Wildman–Crippen MR) is 117 cm³/mol. The molecule has 1 aromatic heterocycles. The smallest absolute Gasteiger partial charge is 0.337 e. The molecule has 0 saturated carbocycles. The number of carboxylic acid groups (broad SMARTS) is 1. The number of aliphatic hydroxyl groups excluding tert-OH is 2. The minimum atomic E-state index is -1.90. The van der Waals surface area contributed by atoms with Gasteiger partial charge in [0.1, 0.15) is 40.4 Å². The van der Waals surface area contributed by atoms with Gasteiger partial charge < -0.3 is 49.3 Å². The van der Waals surface area contributed by atoms with Crippen LogP contribution in [-0.2, 0) is 19.1 Å². The van der Waals surface area contributed by atoms with Crippen LogP contribution in [0.4, 0.5) is 0 Å². The number of phenolic OH excluding ortho intramolecular Hbond substituents is 3. The highest BCUT2D eigenvalue weighted by atomic mass is 16.7. The fraction of sp³-hybridized carbons (Fsp3) is 0.261. The highest BCUT2D eigenvalue weighted by Gasteiger charge is 2.51. The largest absolute Gasteiger partial charge is 0.508 e. The van der Waals surface area contributed by atoms with Crippen LogP contribution in [0.1, 0.15) is 6.92 Å². The summed E-state index contributed by atoms with van der Waals surface area (Å²) in [5, 5.41) is 59.8. The maximum atomic E-state index is 12.5. The summed E-state index contributed by atoms with van der Waals surface area (Å²) < 4.78 is 21.0. The summed E-state index contributed by atoms with van der Waals surface area (Å²) in [6.45, 7) is 0.984. The Hall–Kier alpha value is -4.33. The molecule has 0 unspecified atom stereocenters. The molecule has 0 spiro atoms. The summed E-state index contributed by atoms with van der Waals surface area (Å²) in [6, 6.07) is 6.83. The van der Waals surface area contributed by atoms with Crippen molar-refractivity contribution in [1.29, 1.82) is 0 Å². The van der Waals surface area contributed by atoms with Gasteiger partial charge in [-0.15, -0.1) is 0 Å². The Balaban J connectivity index is 1.67. The second-order valence-corrected chi connectivity index (χ2v) is 7.93. The predicted octanol–water partition coefficient (Wildman–Crippen LogP) is 0.419. The lowest BCUT2D eigenvalue weighted by molar-refractivity contribution is -0.274. The van der Waals surface area contributed by atoms with Gasteiger partial charge >= 0.3 is 11.9 Å². The standard InChI is InChI=1S/C23H20O13/c1-8(24)33-20-18(29)19(30)23(36-21(20)22(31)32)35-15-4-9(2-3-11(15)26)14-7-13(28)17-12(27)5-10(25)6-16(17)34-14/h2-7,18-21,23,25-27,29-30H,1H3,(H,31,32)/t18-,19-,20+,21-,23-/m1/s1. The van der Waals surface area contributed by atoms with Gasteiger partial charge in [-0.05, 0) is 18.2 Å². The number of carbonyl (C=O) groups is 2. The molecule has 1 aliphatic rings. The normalized spacial score (nSPS) is 23.8. The molecule has 2 aromatic carbocycles. The Labute approximate surface area is 200 Å². The Kier molecular flexibility index (Phi) is 6.45. The highest BCUT2D eigenvalue weighted by molar-refractivity contribution is 5.86. The van der Waals surface area contributed by atoms with Crippen molar-refractivity contribution in [3.63, 3.8) is 0 Å². The van der Waals surface area contributed by atoms with Crippen LogP contribution in [0.5, 0.6) is 23.0 Å². The third kappa shape index (κ3) is 4.62. The van der Waals surface area contributed by atoms with Gasteiger partial charge in [0.25, 0.3) is 0 Å². The van der Waals surface area contributed by atoms with Gasteiger partial charge in [0.2, 0.25) is 6.29 Å². The second-order valence-electron chi connectivity index (χ2n) is 7.93. The molecule has 3 aromatic rings. The molecule has 4 rings (SSSR count). The van der Waals surface area contributed by atoms with Crippen LogP contribution < -0.4 is 10.2 Å². The molecule has 1 saturated heterocycles. The number of aliphatic hydroxyl groups is 2. The zero-order valence-electron chi connectivity index (χ0n) is 18.4. The molecule has 0 bridgehead atoms. The Morgan fingerprint density at radius 1 is 0.972 bits per heavy atom. The first kappa shape index (κ1) is 24.8. The third-order valence-electron chi connectivity index (χ3n) is 5.37. The van der Waals surface area contributed by atoms with E-state index in [1.165, 1.54) is 12.1 Å². The van der Waals surface area contributed by atoms with Crippen molar-refractivity contribution in [3.8, 4) is 34.3 Å². The molecule has 1 aliphatic heterocycles. The van der Waals surface area contributed by atoms with Crippen molar-refractivity contribution in [3.05, 3.63) is 46.6 Å². The minimum absolute atomic E-state index is 0.0502. The van der Waals surface area contributed by atoms with E-state index in [0.29, 0.717) is 0 Å². The summed E-state index contributed by atoms with van der Waals surface area (Å²) in [5.41, 5.74) is -0.585. The van der Waals surface area contributed by atoms with Crippen molar-refractivity contribution < 1.29 is 58.9 Å². The number of hydrogen-bond acceptors (Lipinski definition) is 12. The summed E-state index contributed by atoms with van der Waals surface area (Å²) in [4.78, 5) is 35.4. The van der Waals surface area contributed by atoms with Crippen molar-refractivity contribution in [2.24, 2.45) is 0 Å². The first-order valence-electron chi connectivity index (χ1n) is 10.4. The van der Waals surface area contributed by atoms with Crippen LogP contribution >= 0.6 is 0 Å². The van der Waals surface area contributed by atoms with E-state index >= 15 is 0 Å². The summed E-state index contributed by atoms with van der Waals surface area (Å²) in [6.07, 6.45) is -9.24. The average molecular weight is 504 g/mol. The molecule has 2 heterocycles. The van der Waals surface area contributed by atoms with Gasteiger partial charge in [0.05, 0.1) is 0 Å². The number of aliphatic carboxylic acids is 1. The van der Waals surface area contributed by atoms with Crippen molar-refractivity contribution in [2.75, 3.05) is 0 Å². The number of ether oxygens (including phenoxy) is 3. The molecule has 36 heavy (non-hydrogen) atoms. The Morgan fingerprint density at radius 2 is 1.69 bits per heavy atom. The summed E-state index contributed by atoms with van der Waals surface area (Å²) in [5.74, 6) is -4.23. The molecule has 1 fully saturated rings. The van der Waals surface area contributed by atoms with Crippen LogP contribution in [0.2, 0.25) is 0 Å². The fourth-order valence-corrected chi connectivity index (χ4v) is 3.74. The van der Waals surface area contributed by atoms with E-state index in [1.807, 2.05) is 0 Å². The molecule has 13 nitrogen and oxygen atoms in total. The van der Waals surface area contributed by atoms with Gasteiger partial charge in [-0.25, -0.2) is 4.79 Å². The van der Waals surface area contributed by atoms with E-state index < -0.39 is 59.6 Å². The van der Waals surface area contributed by atoms with E-state index in [0.717, 1.165) is 31.2 Å². The van der Waals surface area contributed by atoms with E-state index in [-0.39, 0.29) is 33.8 Å². The van der Waals surface area contributed by atoms with Crippen molar-refractivity contribution in [2.45, 2.75) is 37.6 Å².